The number of carboxylic acid groups (broad SMARTS) is 1. The molecule has 1 aliphatic carbocycles. The van der Waals surface area contributed by atoms with Crippen LogP contribution in [0.2, 0.25) is 0 Å². The van der Waals surface area contributed by atoms with Gasteiger partial charge in [0.25, 0.3) is 0 Å². The van der Waals surface area contributed by atoms with E-state index in [1.165, 1.54) is 19.2 Å². The molecule has 1 aromatic carbocycles. The van der Waals surface area contributed by atoms with Crippen LogP contribution >= 0.6 is 0 Å². The van der Waals surface area contributed by atoms with Gasteiger partial charge in [0.15, 0.2) is 0 Å². The van der Waals surface area contributed by atoms with Crippen molar-refractivity contribution in [3.8, 4) is 0 Å². The van der Waals surface area contributed by atoms with Crippen LogP contribution in [0.5, 0.6) is 0 Å². The summed E-state index contributed by atoms with van der Waals surface area (Å²) in [5.41, 5.74) is -0.968. The molecule has 8 heteroatoms. The molecule has 2 rings (SSSR count). The molecule has 128 valence electrons. The van der Waals surface area contributed by atoms with Crippen molar-refractivity contribution in [2.24, 2.45) is 5.92 Å². The van der Waals surface area contributed by atoms with Crippen molar-refractivity contribution < 1.29 is 27.4 Å². The van der Waals surface area contributed by atoms with Crippen LogP contribution in [-0.2, 0) is 14.8 Å². The molecule has 0 amide bonds. The van der Waals surface area contributed by atoms with E-state index in [-0.39, 0.29) is 17.4 Å². The Bertz CT molecular complexity index is 670. The molecule has 0 spiro atoms. The second-order valence-corrected chi connectivity index (χ2v) is 7.44. The first-order valence-corrected chi connectivity index (χ1v) is 9.04. The van der Waals surface area contributed by atoms with Gasteiger partial charge in [-0.25, -0.2) is 17.6 Å². The molecule has 0 saturated heterocycles. The lowest BCUT2D eigenvalue weighted by molar-refractivity contribution is 0.0693. The van der Waals surface area contributed by atoms with Crippen molar-refractivity contribution in [1.29, 1.82) is 0 Å². The monoisotopic (exact) mass is 345 g/mol. The van der Waals surface area contributed by atoms with Crippen LogP contribution in [0.4, 0.5) is 10.1 Å². The van der Waals surface area contributed by atoms with Crippen LogP contribution in [0.1, 0.15) is 36.0 Å². The highest BCUT2D eigenvalue weighted by molar-refractivity contribution is 7.92. The fourth-order valence-corrected chi connectivity index (χ4v) is 4.41. The van der Waals surface area contributed by atoms with Gasteiger partial charge in [0, 0.05) is 7.11 Å². The number of rotatable bonds is 7. The summed E-state index contributed by atoms with van der Waals surface area (Å²) in [6, 6.07) is 3.45. The predicted molar refractivity (Wildman–Crippen MR) is 83.5 cm³/mol. The number of anilines is 1. The van der Waals surface area contributed by atoms with Crippen molar-refractivity contribution in [3.63, 3.8) is 0 Å². The lowest BCUT2D eigenvalue weighted by atomic mass is 10.0. The van der Waals surface area contributed by atoms with Gasteiger partial charge in [-0.15, -0.1) is 0 Å². The molecule has 0 heterocycles. The molecule has 1 saturated carbocycles. The summed E-state index contributed by atoms with van der Waals surface area (Å²) >= 11 is 0. The summed E-state index contributed by atoms with van der Waals surface area (Å²) < 4.78 is 45.7. The minimum atomic E-state index is -3.86. The summed E-state index contributed by atoms with van der Waals surface area (Å²) in [6.45, 7) is 0. The van der Waals surface area contributed by atoms with Crippen LogP contribution in [0.3, 0.4) is 0 Å². The van der Waals surface area contributed by atoms with Gasteiger partial charge in [-0.3, -0.25) is 4.72 Å². The van der Waals surface area contributed by atoms with E-state index in [9.17, 15) is 17.6 Å². The zero-order valence-corrected chi connectivity index (χ0v) is 13.6. The highest BCUT2D eigenvalue weighted by Crippen LogP contribution is 2.30. The molecule has 2 N–H and O–H groups in total. The summed E-state index contributed by atoms with van der Waals surface area (Å²) in [5, 5.41) is 9.04. The number of sulfonamides is 1. The molecular weight excluding hydrogens is 325 g/mol. The predicted octanol–water partition coefficient (Wildman–Crippen LogP) is 2.47. The quantitative estimate of drug-likeness (QED) is 0.792. The van der Waals surface area contributed by atoms with Crippen LogP contribution in [0, 0.1) is 11.7 Å². The Morgan fingerprint density at radius 3 is 2.65 bits per heavy atom. The van der Waals surface area contributed by atoms with Crippen LogP contribution in [0.25, 0.3) is 0 Å². The molecule has 1 aromatic rings. The summed E-state index contributed by atoms with van der Waals surface area (Å²) in [6.07, 6.45) is 3.45. The number of aromatic carboxylic acids is 1. The third-order valence-electron chi connectivity index (χ3n) is 4.10. The van der Waals surface area contributed by atoms with Crippen molar-refractivity contribution in [1.82, 2.24) is 0 Å². The van der Waals surface area contributed by atoms with Gasteiger partial charge in [0.2, 0.25) is 10.0 Å². The Hall–Kier alpha value is -1.67. The number of carboxylic acids is 1. The van der Waals surface area contributed by atoms with Gasteiger partial charge in [0.05, 0.1) is 17.5 Å². The standard InChI is InChI=1S/C15H20FNO5S/c1-22-13(10-5-2-3-6-10)9-23(20,21)17-12-8-4-7-11(16)14(12)15(18)19/h4,7-8,10,13,17H,2-3,5-6,9H2,1H3,(H,18,19). The topological polar surface area (TPSA) is 92.7 Å². The third-order valence-corrected chi connectivity index (χ3v) is 5.40. The number of methoxy groups -OCH3 is 1. The normalized spacial score (nSPS) is 17.1. The molecule has 1 atom stereocenters. The van der Waals surface area contributed by atoms with Crippen molar-refractivity contribution in [2.45, 2.75) is 31.8 Å². The highest BCUT2D eigenvalue weighted by atomic mass is 32.2. The number of nitrogens with one attached hydrogen (secondary N) is 1. The second kappa shape index (κ2) is 7.27. The number of hydrogen-bond acceptors (Lipinski definition) is 4. The first kappa shape index (κ1) is 17.7. The average Bonchev–Trinajstić information content (AvgIpc) is 2.98. The van der Waals surface area contributed by atoms with E-state index in [1.807, 2.05) is 0 Å². The molecule has 0 aliphatic heterocycles. The first-order valence-electron chi connectivity index (χ1n) is 7.39. The largest absolute Gasteiger partial charge is 0.478 e. The molecule has 0 aromatic heterocycles. The number of hydrogen-bond donors (Lipinski definition) is 2. The highest BCUT2D eigenvalue weighted by Gasteiger charge is 2.30. The Kier molecular flexibility index (Phi) is 5.59. The maximum absolute atomic E-state index is 13.6. The Morgan fingerprint density at radius 1 is 1.43 bits per heavy atom. The number of halogens is 1. The number of ether oxygens (including phenoxy) is 1. The summed E-state index contributed by atoms with van der Waals surface area (Å²) in [4.78, 5) is 11.1. The van der Waals surface area contributed by atoms with Gasteiger partial charge in [-0.05, 0) is 30.9 Å². The molecule has 0 radical (unpaired) electrons. The maximum atomic E-state index is 13.6. The van der Waals surface area contributed by atoms with Crippen molar-refractivity contribution in [3.05, 3.63) is 29.6 Å². The van der Waals surface area contributed by atoms with Gasteiger partial charge >= 0.3 is 5.97 Å². The van der Waals surface area contributed by atoms with Crippen molar-refractivity contribution >= 4 is 21.7 Å². The Morgan fingerprint density at radius 2 is 2.09 bits per heavy atom. The smallest absolute Gasteiger partial charge is 0.340 e. The van der Waals surface area contributed by atoms with Gasteiger partial charge in [0.1, 0.15) is 11.4 Å². The lowest BCUT2D eigenvalue weighted by Gasteiger charge is -2.22. The fraction of sp³-hybridized carbons (Fsp3) is 0.533. The molecular formula is C15H20FNO5S. The van der Waals surface area contributed by atoms with Gasteiger partial charge in [-0.2, -0.15) is 0 Å². The maximum Gasteiger partial charge on any atom is 0.340 e. The minimum absolute atomic E-state index is 0.169. The summed E-state index contributed by atoms with van der Waals surface area (Å²) in [7, 11) is -2.40. The Labute approximate surface area is 134 Å². The fourth-order valence-electron chi connectivity index (χ4n) is 2.98. The second-order valence-electron chi connectivity index (χ2n) is 5.67. The van der Waals surface area contributed by atoms with E-state index >= 15 is 0 Å². The zero-order valence-electron chi connectivity index (χ0n) is 12.8. The van der Waals surface area contributed by atoms with Crippen LogP contribution < -0.4 is 4.72 Å². The average molecular weight is 345 g/mol. The van der Waals surface area contributed by atoms with Gasteiger partial charge < -0.3 is 9.84 Å². The molecule has 1 aliphatic rings. The SMILES string of the molecule is COC(CS(=O)(=O)Nc1cccc(F)c1C(=O)O)C1CCCC1. The van der Waals surface area contributed by atoms with E-state index in [0.29, 0.717) is 0 Å². The van der Waals surface area contributed by atoms with Gasteiger partial charge in [-0.1, -0.05) is 18.9 Å². The molecule has 1 unspecified atom stereocenters. The number of benzene rings is 1. The van der Waals surface area contributed by atoms with Crippen molar-refractivity contribution in [2.75, 3.05) is 17.6 Å². The van der Waals surface area contributed by atoms with Crippen LogP contribution in [0.15, 0.2) is 18.2 Å². The molecule has 23 heavy (non-hydrogen) atoms. The Balaban J connectivity index is 2.18. The van der Waals surface area contributed by atoms with E-state index in [2.05, 4.69) is 4.72 Å². The van der Waals surface area contributed by atoms with E-state index < -0.39 is 33.5 Å². The molecule has 1 fully saturated rings. The van der Waals surface area contributed by atoms with E-state index in [0.717, 1.165) is 31.7 Å². The first-order chi connectivity index (χ1) is 10.8. The lowest BCUT2D eigenvalue weighted by Crippen LogP contribution is -2.33. The third kappa shape index (κ3) is 4.42. The van der Waals surface area contributed by atoms with E-state index in [4.69, 9.17) is 9.84 Å². The number of carbonyl (C=O) groups is 1. The molecule has 0 bridgehead atoms. The minimum Gasteiger partial charge on any atom is -0.478 e. The molecule has 6 nitrogen and oxygen atoms in total. The van der Waals surface area contributed by atoms with E-state index in [1.54, 1.807) is 0 Å². The zero-order chi connectivity index (χ0) is 17.0. The summed E-state index contributed by atoms with van der Waals surface area (Å²) in [5.74, 6) is -2.64. The van der Waals surface area contributed by atoms with Crippen LogP contribution in [-0.4, -0.2) is 38.5 Å².